The van der Waals surface area contributed by atoms with Crippen molar-refractivity contribution in [3.05, 3.63) is 70.1 Å². The zero-order chi connectivity index (χ0) is 18.9. The summed E-state index contributed by atoms with van der Waals surface area (Å²) in [5.74, 6) is -0.162. The van der Waals surface area contributed by atoms with Gasteiger partial charge in [-0.2, -0.15) is 5.10 Å². The number of benzene rings is 2. The lowest BCUT2D eigenvalue weighted by atomic mass is 9.87. The SMILES string of the molecule is Cn1nc(CC(=O)Nc2ccc(C(C)(C)C)cc2)c2ccccc2c1=O. The second-order valence-electron chi connectivity index (χ2n) is 7.47. The minimum Gasteiger partial charge on any atom is -0.326 e. The molecule has 3 aromatic rings. The number of anilines is 1. The highest BCUT2D eigenvalue weighted by atomic mass is 16.1. The van der Waals surface area contributed by atoms with E-state index in [4.69, 9.17) is 0 Å². The van der Waals surface area contributed by atoms with Crippen LogP contribution < -0.4 is 10.9 Å². The van der Waals surface area contributed by atoms with E-state index < -0.39 is 0 Å². The van der Waals surface area contributed by atoms with Gasteiger partial charge in [-0.15, -0.1) is 0 Å². The van der Waals surface area contributed by atoms with Crippen LogP contribution in [0.2, 0.25) is 0 Å². The van der Waals surface area contributed by atoms with Crippen LogP contribution in [0.1, 0.15) is 32.0 Å². The monoisotopic (exact) mass is 349 g/mol. The summed E-state index contributed by atoms with van der Waals surface area (Å²) < 4.78 is 1.28. The summed E-state index contributed by atoms with van der Waals surface area (Å²) in [6.45, 7) is 6.45. The van der Waals surface area contributed by atoms with Gasteiger partial charge in [0.15, 0.2) is 0 Å². The third-order valence-electron chi connectivity index (χ3n) is 4.40. The van der Waals surface area contributed by atoms with Gasteiger partial charge in [0.05, 0.1) is 17.5 Å². The number of aryl methyl sites for hydroxylation is 1. The number of hydrogen-bond donors (Lipinski definition) is 1. The van der Waals surface area contributed by atoms with Gasteiger partial charge in [0.2, 0.25) is 5.91 Å². The van der Waals surface area contributed by atoms with Gasteiger partial charge in [-0.1, -0.05) is 51.1 Å². The molecule has 134 valence electrons. The van der Waals surface area contributed by atoms with Gasteiger partial charge in [0.1, 0.15) is 0 Å². The first-order valence-electron chi connectivity index (χ1n) is 8.61. The molecule has 1 amide bonds. The number of hydrogen-bond acceptors (Lipinski definition) is 3. The first kappa shape index (κ1) is 17.9. The molecule has 0 radical (unpaired) electrons. The minimum absolute atomic E-state index is 0.0696. The highest BCUT2D eigenvalue weighted by Gasteiger charge is 2.15. The van der Waals surface area contributed by atoms with E-state index in [2.05, 4.69) is 31.2 Å². The Kier molecular flexibility index (Phi) is 4.64. The third-order valence-corrected chi connectivity index (χ3v) is 4.40. The third kappa shape index (κ3) is 3.67. The molecule has 5 nitrogen and oxygen atoms in total. The number of carbonyl (C=O) groups excluding carboxylic acids is 1. The first-order valence-corrected chi connectivity index (χ1v) is 8.61. The van der Waals surface area contributed by atoms with Crippen LogP contribution in [-0.2, 0) is 23.7 Å². The van der Waals surface area contributed by atoms with Crippen molar-refractivity contribution in [3.8, 4) is 0 Å². The molecule has 3 rings (SSSR count). The molecule has 0 atom stereocenters. The average molecular weight is 349 g/mol. The molecule has 0 aliphatic heterocycles. The van der Waals surface area contributed by atoms with Crippen LogP contribution in [0.25, 0.3) is 10.8 Å². The van der Waals surface area contributed by atoms with Crippen molar-refractivity contribution < 1.29 is 4.79 Å². The van der Waals surface area contributed by atoms with Gasteiger partial charge >= 0.3 is 0 Å². The number of aromatic nitrogens is 2. The summed E-state index contributed by atoms with van der Waals surface area (Å²) in [6.07, 6.45) is 0.107. The Hall–Kier alpha value is -2.95. The van der Waals surface area contributed by atoms with Gasteiger partial charge < -0.3 is 5.32 Å². The quantitative estimate of drug-likeness (QED) is 0.788. The molecular weight excluding hydrogens is 326 g/mol. The summed E-state index contributed by atoms with van der Waals surface area (Å²) in [7, 11) is 1.60. The zero-order valence-corrected chi connectivity index (χ0v) is 15.5. The number of rotatable bonds is 3. The van der Waals surface area contributed by atoms with Crippen LogP contribution in [0.4, 0.5) is 5.69 Å². The van der Waals surface area contributed by atoms with E-state index in [1.165, 1.54) is 10.2 Å². The van der Waals surface area contributed by atoms with Crippen LogP contribution in [0, 0.1) is 0 Å². The second-order valence-corrected chi connectivity index (χ2v) is 7.47. The maximum atomic E-state index is 12.5. The van der Waals surface area contributed by atoms with Gasteiger partial charge in [-0.3, -0.25) is 9.59 Å². The van der Waals surface area contributed by atoms with E-state index in [0.717, 1.165) is 5.69 Å². The fourth-order valence-corrected chi connectivity index (χ4v) is 2.92. The van der Waals surface area contributed by atoms with E-state index in [1.807, 2.05) is 42.5 Å². The normalized spacial score (nSPS) is 11.5. The molecule has 1 aromatic heterocycles. The Balaban J connectivity index is 1.82. The van der Waals surface area contributed by atoms with Crippen molar-refractivity contribution in [3.63, 3.8) is 0 Å². The van der Waals surface area contributed by atoms with Crippen molar-refractivity contribution in [2.24, 2.45) is 7.05 Å². The predicted octanol–water partition coefficient (Wildman–Crippen LogP) is 3.41. The first-order chi connectivity index (χ1) is 12.3. The average Bonchev–Trinajstić information content (AvgIpc) is 2.59. The highest BCUT2D eigenvalue weighted by Crippen LogP contribution is 2.23. The second kappa shape index (κ2) is 6.75. The number of carbonyl (C=O) groups is 1. The molecule has 0 saturated carbocycles. The molecule has 26 heavy (non-hydrogen) atoms. The van der Waals surface area contributed by atoms with Crippen molar-refractivity contribution in [1.29, 1.82) is 0 Å². The molecule has 0 unspecified atom stereocenters. The summed E-state index contributed by atoms with van der Waals surface area (Å²) in [4.78, 5) is 24.6. The van der Waals surface area contributed by atoms with Crippen molar-refractivity contribution >= 4 is 22.4 Å². The minimum atomic E-state index is -0.164. The summed E-state index contributed by atoms with van der Waals surface area (Å²) >= 11 is 0. The topological polar surface area (TPSA) is 64.0 Å². The molecule has 0 aliphatic rings. The number of nitrogens with one attached hydrogen (secondary N) is 1. The Morgan fingerprint density at radius 3 is 2.27 bits per heavy atom. The zero-order valence-electron chi connectivity index (χ0n) is 15.5. The largest absolute Gasteiger partial charge is 0.326 e. The Morgan fingerprint density at radius 1 is 1.04 bits per heavy atom. The smallest absolute Gasteiger partial charge is 0.274 e. The standard InChI is InChI=1S/C21H23N3O2/c1-21(2,3)14-9-11-15(12-10-14)22-19(25)13-18-16-7-5-6-8-17(16)20(26)24(4)23-18/h5-12H,13H2,1-4H3,(H,22,25). The van der Waals surface area contributed by atoms with Crippen LogP contribution >= 0.6 is 0 Å². The number of fused-ring (bicyclic) bond motifs is 1. The summed E-state index contributed by atoms with van der Waals surface area (Å²) in [5.41, 5.74) is 2.45. The fourth-order valence-electron chi connectivity index (χ4n) is 2.92. The van der Waals surface area contributed by atoms with E-state index >= 15 is 0 Å². The molecule has 0 aliphatic carbocycles. The van der Waals surface area contributed by atoms with Crippen molar-refractivity contribution in [2.75, 3.05) is 5.32 Å². The summed E-state index contributed by atoms with van der Waals surface area (Å²) in [6, 6.07) is 15.1. The van der Waals surface area contributed by atoms with Crippen molar-refractivity contribution in [2.45, 2.75) is 32.6 Å². The van der Waals surface area contributed by atoms with E-state index in [0.29, 0.717) is 16.5 Å². The molecule has 1 heterocycles. The van der Waals surface area contributed by atoms with Crippen molar-refractivity contribution in [1.82, 2.24) is 9.78 Å². The Labute approximate surface area is 152 Å². The lowest BCUT2D eigenvalue weighted by molar-refractivity contribution is -0.115. The molecular formula is C21H23N3O2. The Morgan fingerprint density at radius 2 is 1.65 bits per heavy atom. The maximum Gasteiger partial charge on any atom is 0.274 e. The van der Waals surface area contributed by atoms with E-state index in [9.17, 15) is 9.59 Å². The van der Waals surface area contributed by atoms with Gasteiger partial charge in [-0.05, 0) is 29.2 Å². The molecule has 0 spiro atoms. The molecule has 0 saturated heterocycles. The predicted molar refractivity (Wildman–Crippen MR) is 104 cm³/mol. The van der Waals surface area contributed by atoms with Gasteiger partial charge in [0.25, 0.3) is 5.56 Å². The van der Waals surface area contributed by atoms with Crippen LogP contribution in [0.15, 0.2) is 53.3 Å². The van der Waals surface area contributed by atoms with E-state index in [-0.39, 0.29) is 23.3 Å². The molecule has 0 fully saturated rings. The van der Waals surface area contributed by atoms with E-state index in [1.54, 1.807) is 13.1 Å². The number of amides is 1. The lowest BCUT2D eigenvalue weighted by Crippen LogP contribution is -2.24. The maximum absolute atomic E-state index is 12.5. The van der Waals surface area contributed by atoms with Crippen LogP contribution in [0.5, 0.6) is 0 Å². The van der Waals surface area contributed by atoms with Gasteiger partial charge in [-0.25, -0.2) is 4.68 Å². The lowest BCUT2D eigenvalue weighted by Gasteiger charge is -2.19. The number of nitrogens with zero attached hydrogens (tertiary/aromatic N) is 2. The fraction of sp³-hybridized carbons (Fsp3) is 0.286. The highest BCUT2D eigenvalue weighted by molar-refractivity contribution is 5.95. The molecule has 2 aromatic carbocycles. The molecule has 5 heteroatoms. The molecule has 0 bridgehead atoms. The summed E-state index contributed by atoms with van der Waals surface area (Å²) in [5, 5.41) is 8.46. The van der Waals surface area contributed by atoms with Gasteiger partial charge in [0, 0.05) is 18.1 Å². The molecule has 1 N–H and O–H groups in total. The van der Waals surface area contributed by atoms with Crippen LogP contribution in [0.3, 0.4) is 0 Å². The van der Waals surface area contributed by atoms with Crippen LogP contribution in [-0.4, -0.2) is 15.7 Å². The Bertz CT molecular complexity index is 1010.